The maximum Gasteiger partial charge on any atom is 0.407 e. The normalized spacial score (nSPS) is 37.3. The SMILES string of the molecule is COC(=O)NC1CC(C(=O)N2CCC3CC3C2)C1. The van der Waals surface area contributed by atoms with Gasteiger partial charge in [-0.15, -0.1) is 0 Å². The Kier molecular flexibility index (Phi) is 2.92. The van der Waals surface area contributed by atoms with Crippen molar-refractivity contribution < 1.29 is 14.3 Å². The van der Waals surface area contributed by atoms with E-state index in [1.807, 2.05) is 4.90 Å². The molecule has 0 radical (unpaired) electrons. The van der Waals surface area contributed by atoms with Crippen molar-refractivity contribution in [3.63, 3.8) is 0 Å². The van der Waals surface area contributed by atoms with E-state index < -0.39 is 6.09 Å². The molecule has 0 aromatic rings. The molecule has 2 aliphatic carbocycles. The van der Waals surface area contributed by atoms with Crippen LogP contribution in [-0.4, -0.2) is 43.1 Å². The molecule has 0 spiro atoms. The third-order valence-corrected chi connectivity index (χ3v) is 4.60. The van der Waals surface area contributed by atoms with Crippen LogP contribution in [0.3, 0.4) is 0 Å². The lowest BCUT2D eigenvalue weighted by Gasteiger charge is -2.38. The number of hydrogen-bond donors (Lipinski definition) is 1. The van der Waals surface area contributed by atoms with Crippen molar-refractivity contribution in [1.29, 1.82) is 0 Å². The Balaban J connectivity index is 1.43. The molecule has 1 saturated heterocycles. The van der Waals surface area contributed by atoms with E-state index in [9.17, 15) is 9.59 Å². The molecule has 2 unspecified atom stereocenters. The monoisotopic (exact) mass is 252 g/mol. The quantitative estimate of drug-likeness (QED) is 0.797. The molecule has 3 aliphatic rings. The van der Waals surface area contributed by atoms with Crippen molar-refractivity contribution in [3.05, 3.63) is 0 Å². The van der Waals surface area contributed by atoms with Crippen molar-refractivity contribution >= 4 is 12.0 Å². The fourth-order valence-corrected chi connectivity index (χ4v) is 3.20. The van der Waals surface area contributed by atoms with Crippen molar-refractivity contribution in [1.82, 2.24) is 10.2 Å². The smallest absolute Gasteiger partial charge is 0.407 e. The molecule has 1 heterocycles. The number of rotatable bonds is 2. The molecule has 5 nitrogen and oxygen atoms in total. The summed E-state index contributed by atoms with van der Waals surface area (Å²) in [6.07, 6.45) is 3.63. The van der Waals surface area contributed by atoms with Crippen LogP contribution in [0.15, 0.2) is 0 Å². The largest absolute Gasteiger partial charge is 0.453 e. The molecule has 0 aromatic carbocycles. The van der Waals surface area contributed by atoms with Gasteiger partial charge in [0.1, 0.15) is 0 Å². The van der Waals surface area contributed by atoms with Gasteiger partial charge in [0, 0.05) is 25.0 Å². The third kappa shape index (κ3) is 2.18. The first kappa shape index (κ1) is 11.8. The van der Waals surface area contributed by atoms with E-state index >= 15 is 0 Å². The lowest BCUT2D eigenvalue weighted by atomic mass is 9.79. The standard InChI is InChI=1S/C13H20N2O3/c1-18-13(17)14-11-5-9(6-11)12(16)15-3-2-8-4-10(8)7-15/h8-11H,2-7H2,1H3,(H,14,17). The van der Waals surface area contributed by atoms with E-state index in [4.69, 9.17) is 0 Å². The second-order valence-corrected chi connectivity index (χ2v) is 5.83. The van der Waals surface area contributed by atoms with Gasteiger partial charge in [-0.05, 0) is 37.5 Å². The summed E-state index contributed by atoms with van der Waals surface area (Å²) in [4.78, 5) is 25.3. The molecule has 1 N–H and O–H groups in total. The van der Waals surface area contributed by atoms with Gasteiger partial charge in [0.2, 0.25) is 5.91 Å². The van der Waals surface area contributed by atoms with Crippen LogP contribution in [0.25, 0.3) is 0 Å². The third-order valence-electron chi connectivity index (χ3n) is 4.60. The average molecular weight is 252 g/mol. The number of fused-ring (bicyclic) bond motifs is 1. The molecular formula is C13H20N2O3. The number of nitrogens with one attached hydrogen (secondary N) is 1. The van der Waals surface area contributed by atoms with Gasteiger partial charge < -0.3 is 15.0 Å². The number of piperidine rings is 1. The number of carbonyl (C=O) groups is 2. The minimum atomic E-state index is -0.398. The number of likely N-dealkylation sites (tertiary alicyclic amines) is 1. The highest BCUT2D eigenvalue weighted by Crippen LogP contribution is 2.45. The predicted molar refractivity (Wildman–Crippen MR) is 64.8 cm³/mol. The summed E-state index contributed by atoms with van der Waals surface area (Å²) in [6, 6.07) is 0.116. The summed E-state index contributed by atoms with van der Waals surface area (Å²) in [7, 11) is 1.36. The van der Waals surface area contributed by atoms with Crippen molar-refractivity contribution in [2.24, 2.45) is 17.8 Å². The maximum absolute atomic E-state index is 12.2. The van der Waals surface area contributed by atoms with Crippen molar-refractivity contribution in [2.75, 3.05) is 20.2 Å². The molecule has 2 saturated carbocycles. The molecule has 0 aromatic heterocycles. The maximum atomic E-state index is 12.2. The molecule has 3 rings (SSSR count). The number of carbonyl (C=O) groups excluding carboxylic acids is 2. The Labute approximate surface area is 107 Å². The van der Waals surface area contributed by atoms with Crippen LogP contribution >= 0.6 is 0 Å². The second-order valence-electron chi connectivity index (χ2n) is 5.83. The number of nitrogens with zero attached hydrogens (tertiary/aromatic N) is 1. The average Bonchev–Trinajstić information content (AvgIpc) is 3.10. The van der Waals surface area contributed by atoms with Gasteiger partial charge in [0.25, 0.3) is 0 Å². The molecular weight excluding hydrogens is 232 g/mol. The van der Waals surface area contributed by atoms with Gasteiger partial charge in [0.15, 0.2) is 0 Å². The number of hydrogen-bond acceptors (Lipinski definition) is 3. The lowest BCUT2D eigenvalue weighted by Crippen LogP contribution is -2.51. The van der Waals surface area contributed by atoms with E-state index in [0.29, 0.717) is 5.91 Å². The minimum absolute atomic E-state index is 0.113. The Bertz CT molecular complexity index is 365. The topological polar surface area (TPSA) is 58.6 Å². The van der Waals surface area contributed by atoms with Crippen LogP contribution in [-0.2, 0) is 9.53 Å². The van der Waals surface area contributed by atoms with Gasteiger partial charge in [-0.25, -0.2) is 4.79 Å². The molecule has 5 heteroatoms. The zero-order chi connectivity index (χ0) is 12.7. The fraction of sp³-hybridized carbons (Fsp3) is 0.846. The van der Waals surface area contributed by atoms with Gasteiger partial charge in [-0.3, -0.25) is 4.79 Å². The molecule has 0 bridgehead atoms. The highest BCUT2D eigenvalue weighted by molar-refractivity contribution is 5.80. The summed E-state index contributed by atoms with van der Waals surface area (Å²) < 4.78 is 4.54. The molecule has 18 heavy (non-hydrogen) atoms. The Morgan fingerprint density at radius 1 is 1.22 bits per heavy atom. The highest BCUT2D eigenvalue weighted by Gasteiger charge is 2.45. The van der Waals surface area contributed by atoms with Crippen LogP contribution in [0.5, 0.6) is 0 Å². The Morgan fingerprint density at radius 3 is 2.67 bits per heavy atom. The van der Waals surface area contributed by atoms with Crippen LogP contribution in [0, 0.1) is 17.8 Å². The second kappa shape index (κ2) is 4.44. The summed E-state index contributed by atoms with van der Waals surface area (Å²) >= 11 is 0. The molecule has 2 atom stereocenters. The van der Waals surface area contributed by atoms with Gasteiger partial charge in [0.05, 0.1) is 7.11 Å². The first-order valence-electron chi connectivity index (χ1n) is 6.80. The molecule has 100 valence electrons. The number of amides is 2. The number of alkyl carbamates (subject to hydrolysis) is 1. The summed E-state index contributed by atoms with van der Waals surface area (Å²) in [5.74, 6) is 2.10. The summed E-state index contributed by atoms with van der Waals surface area (Å²) in [6.45, 7) is 1.90. The van der Waals surface area contributed by atoms with E-state index in [0.717, 1.165) is 37.8 Å². The van der Waals surface area contributed by atoms with Crippen molar-refractivity contribution in [2.45, 2.75) is 31.7 Å². The van der Waals surface area contributed by atoms with E-state index in [-0.39, 0.29) is 12.0 Å². The van der Waals surface area contributed by atoms with Crippen LogP contribution < -0.4 is 5.32 Å². The van der Waals surface area contributed by atoms with Crippen LogP contribution in [0.1, 0.15) is 25.7 Å². The molecule has 2 amide bonds. The number of ether oxygens (including phenoxy) is 1. The predicted octanol–water partition coefficient (Wildman–Crippen LogP) is 0.989. The summed E-state index contributed by atoms with van der Waals surface area (Å²) in [5.41, 5.74) is 0. The van der Waals surface area contributed by atoms with Gasteiger partial charge in [-0.1, -0.05) is 0 Å². The van der Waals surface area contributed by atoms with Crippen molar-refractivity contribution in [3.8, 4) is 0 Å². The van der Waals surface area contributed by atoms with E-state index in [2.05, 4.69) is 10.1 Å². The fourth-order valence-electron chi connectivity index (χ4n) is 3.20. The Morgan fingerprint density at radius 2 is 2.00 bits per heavy atom. The van der Waals surface area contributed by atoms with Crippen LogP contribution in [0.2, 0.25) is 0 Å². The highest BCUT2D eigenvalue weighted by atomic mass is 16.5. The zero-order valence-electron chi connectivity index (χ0n) is 10.7. The number of methoxy groups -OCH3 is 1. The first-order valence-corrected chi connectivity index (χ1v) is 6.80. The zero-order valence-corrected chi connectivity index (χ0v) is 10.7. The van der Waals surface area contributed by atoms with Gasteiger partial charge >= 0.3 is 6.09 Å². The lowest BCUT2D eigenvalue weighted by molar-refractivity contribution is -0.140. The first-order chi connectivity index (χ1) is 8.67. The minimum Gasteiger partial charge on any atom is -0.453 e. The van der Waals surface area contributed by atoms with Crippen LogP contribution in [0.4, 0.5) is 4.79 Å². The Hall–Kier alpha value is -1.26. The van der Waals surface area contributed by atoms with Gasteiger partial charge in [-0.2, -0.15) is 0 Å². The summed E-state index contributed by atoms with van der Waals surface area (Å²) in [5, 5.41) is 2.74. The molecule has 3 fully saturated rings. The van der Waals surface area contributed by atoms with E-state index in [1.54, 1.807) is 0 Å². The molecule has 1 aliphatic heterocycles. The van der Waals surface area contributed by atoms with E-state index in [1.165, 1.54) is 20.0 Å².